The van der Waals surface area contributed by atoms with Gasteiger partial charge in [-0.3, -0.25) is 4.79 Å². The molecule has 0 bridgehead atoms. The Kier molecular flexibility index (Phi) is 4.69. The van der Waals surface area contributed by atoms with Crippen LogP contribution in [0, 0.1) is 11.6 Å². The number of methoxy groups -OCH3 is 1. The van der Waals surface area contributed by atoms with Crippen LogP contribution in [0.3, 0.4) is 0 Å². The van der Waals surface area contributed by atoms with Gasteiger partial charge in [-0.1, -0.05) is 17.7 Å². The first kappa shape index (κ1) is 17.3. The molecule has 4 nitrogen and oxygen atoms in total. The van der Waals surface area contributed by atoms with Gasteiger partial charge in [-0.05, 0) is 30.3 Å². The van der Waals surface area contributed by atoms with Crippen LogP contribution in [0.4, 0.5) is 14.5 Å². The average Bonchev–Trinajstić information content (AvgIpc) is 2.90. The van der Waals surface area contributed by atoms with Crippen molar-refractivity contribution in [3.05, 3.63) is 63.5 Å². The molecule has 1 N–H and O–H groups in total. The predicted octanol–water partition coefficient (Wildman–Crippen LogP) is 4.87. The zero-order chi connectivity index (χ0) is 18.1. The van der Waals surface area contributed by atoms with Crippen LogP contribution >= 0.6 is 22.9 Å². The van der Waals surface area contributed by atoms with E-state index in [1.807, 2.05) is 0 Å². The fourth-order valence-electron chi connectivity index (χ4n) is 2.28. The van der Waals surface area contributed by atoms with Crippen molar-refractivity contribution in [1.82, 2.24) is 0 Å². The van der Waals surface area contributed by atoms with E-state index in [2.05, 4.69) is 10.1 Å². The maximum atomic E-state index is 13.7. The van der Waals surface area contributed by atoms with Crippen molar-refractivity contribution < 1.29 is 23.1 Å². The number of ether oxygens (including phenoxy) is 1. The van der Waals surface area contributed by atoms with Crippen LogP contribution in [0.15, 0.2) is 36.4 Å². The summed E-state index contributed by atoms with van der Waals surface area (Å²) >= 11 is 7.24. The SMILES string of the molecule is COC(=O)c1sc2cc(NC(=O)c3c(F)cccc3F)ccc2c1Cl. The van der Waals surface area contributed by atoms with Gasteiger partial charge in [0.1, 0.15) is 22.1 Å². The second kappa shape index (κ2) is 6.78. The minimum Gasteiger partial charge on any atom is -0.465 e. The highest BCUT2D eigenvalue weighted by Crippen LogP contribution is 2.37. The van der Waals surface area contributed by atoms with Crippen LogP contribution in [0.25, 0.3) is 10.1 Å². The molecule has 0 aliphatic rings. The van der Waals surface area contributed by atoms with Crippen molar-refractivity contribution in [2.24, 2.45) is 0 Å². The van der Waals surface area contributed by atoms with Gasteiger partial charge in [-0.15, -0.1) is 11.3 Å². The summed E-state index contributed by atoms with van der Waals surface area (Å²) in [5.41, 5.74) is -0.350. The lowest BCUT2D eigenvalue weighted by Gasteiger charge is -2.07. The Labute approximate surface area is 150 Å². The van der Waals surface area contributed by atoms with Crippen LogP contribution in [-0.4, -0.2) is 19.0 Å². The van der Waals surface area contributed by atoms with Crippen LogP contribution in [0.1, 0.15) is 20.0 Å². The predicted molar refractivity (Wildman–Crippen MR) is 92.5 cm³/mol. The number of hydrogen-bond acceptors (Lipinski definition) is 4. The molecular formula is C17H10ClF2NO3S. The topological polar surface area (TPSA) is 55.4 Å². The molecule has 1 aromatic heterocycles. The lowest BCUT2D eigenvalue weighted by Crippen LogP contribution is -2.15. The second-order valence-electron chi connectivity index (χ2n) is 5.00. The van der Waals surface area contributed by atoms with Crippen LogP contribution in [-0.2, 0) is 4.74 Å². The average molecular weight is 382 g/mol. The summed E-state index contributed by atoms with van der Waals surface area (Å²) in [5.74, 6) is -3.38. The molecule has 0 fully saturated rings. The van der Waals surface area contributed by atoms with E-state index in [1.54, 1.807) is 12.1 Å². The molecule has 0 atom stereocenters. The minimum atomic E-state index is -0.953. The monoisotopic (exact) mass is 381 g/mol. The number of benzene rings is 2. The summed E-state index contributed by atoms with van der Waals surface area (Å²) in [6, 6.07) is 7.88. The number of rotatable bonds is 3. The lowest BCUT2D eigenvalue weighted by atomic mass is 10.1. The van der Waals surface area contributed by atoms with Crippen molar-refractivity contribution in [1.29, 1.82) is 0 Å². The Balaban J connectivity index is 1.95. The number of esters is 1. The highest BCUT2D eigenvalue weighted by molar-refractivity contribution is 7.21. The molecule has 0 radical (unpaired) electrons. The number of halogens is 3. The Hall–Kier alpha value is -2.51. The molecule has 2 aromatic carbocycles. The molecule has 0 saturated carbocycles. The number of nitrogens with one attached hydrogen (secondary N) is 1. The third-order valence-corrected chi connectivity index (χ3v) is 5.09. The molecule has 3 aromatic rings. The molecule has 1 heterocycles. The summed E-state index contributed by atoms with van der Waals surface area (Å²) in [4.78, 5) is 24.0. The van der Waals surface area contributed by atoms with Gasteiger partial charge in [-0.25, -0.2) is 13.6 Å². The number of fused-ring (bicyclic) bond motifs is 1. The van der Waals surface area contributed by atoms with Gasteiger partial charge in [0.05, 0.1) is 12.1 Å². The van der Waals surface area contributed by atoms with Gasteiger partial charge >= 0.3 is 5.97 Å². The number of carbonyl (C=O) groups is 2. The van der Waals surface area contributed by atoms with Gasteiger partial charge in [0.15, 0.2) is 0 Å². The number of amides is 1. The molecule has 25 heavy (non-hydrogen) atoms. The van der Waals surface area contributed by atoms with Crippen molar-refractivity contribution >= 4 is 50.6 Å². The van der Waals surface area contributed by atoms with E-state index in [0.29, 0.717) is 15.8 Å². The Morgan fingerprint density at radius 1 is 1.16 bits per heavy atom. The first-order valence-corrected chi connectivity index (χ1v) is 8.17. The van der Waals surface area contributed by atoms with E-state index in [1.165, 1.54) is 19.2 Å². The van der Waals surface area contributed by atoms with Crippen molar-refractivity contribution in [2.75, 3.05) is 12.4 Å². The molecule has 0 saturated heterocycles. The fourth-order valence-corrected chi connectivity index (χ4v) is 3.74. The molecule has 0 aliphatic carbocycles. The first-order valence-electron chi connectivity index (χ1n) is 6.98. The highest BCUT2D eigenvalue weighted by atomic mass is 35.5. The Morgan fingerprint density at radius 2 is 1.84 bits per heavy atom. The third kappa shape index (κ3) is 3.20. The molecule has 8 heteroatoms. The quantitative estimate of drug-likeness (QED) is 0.658. The number of hydrogen-bond donors (Lipinski definition) is 1. The zero-order valence-corrected chi connectivity index (χ0v) is 14.3. The largest absolute Gasteiger partial charge is 0.465 e. The first-order chi connectivity index (χ1) is 11.9. The van der Waals surface area contributed by atoms with E-state index < -0.39 is 29.1 Å². The summed E-state index contributed by atoms with van der Waals surface area (Å²) < 4.78 is 32.6. The van der Waals surface area contributed by atoms with Crippen LogP contribution < -0.4 is 5.32 Å². The molecule has 1 amide bonds. The number of carbonyl (C=O) groups excluding carboxylic acids is 2. The normalized spacial score (nSPS) is 10.7. The Morgan fingerprint density at radius 3 is 2.48 bits per heavy atom. The second-order valence-corrected chi connectivity index (χ2v) is 6.43. The summed E-state index contributed by atoms with van der Waals surface area (Å²) in [5, 5.41) is 3.30. The van der Waals surface area contributed by atoms with Gasteiger partial charge in [0, 0.05) is 15.8 Å². The molecule has 0 unspecified atom stereocenters. The smallest absolute Gasteiger partial charge is 0.349 e. The van der Waals surface area contributed by atoms with E-state index in [4.69, 9.17) is 11.6 Å². The zero-order valence-electron chi connectivity index (χ0n) is 12.7. The molecular weight excluding hydrogens is 372 g/mol. The number of thiophene rings is 1. The van der Waals surface area contributed by atoms with Crippen LogP contribution in [0.2, 0.25) is 5.02 Å². The lowest BCUT2D eigenvalue weighted by molar-refractivity contribution is 0.0606. The fraction of sp³-hybridized carbons (Fsp3) is 0.0588. The maximum Gasteiger partial charge on any atom is 0.349 e. The molecule has 0 aliphatic heterocycles. The summed E-state index contributed by atoms with van der Waals surface area (Å²) in [6.45, 7) is 0. The van der Waals surface area contributed by atoms with Gasteiger partial charge < -0.3 is 10.1 Å². The summed E-state index contributed by atoms with van der Waals surface area (Å²) in [6.07, 6.45) is 0. The Bertz CT molecular complexity index is 983. The minimum absolute atomic E-state index is 0.239. The maximum absolute atomic E-state index is 13.7. The van der Waals surface area contributed by atoms with E-state index in [0.717, 1.165) is 23.5 Å². The van der Waals surface area contributed by atoms with Crippen molar-refractivity contribution in [3.63, 3.8) is 0 Å². The molecule has 3 rings (SSSR count). The van der Waals surface area contributed by atoms with Crippen LogP contribution in [0.5, 0.6) is 0 Å². The molecule has 0 spiro atoms. The molecule has 128 valence electrons. The summed E-state index contributed by atoms with van der Waals surface area (Å²) in [7, 11) is 1.25. The van der Waals surface area contributed by atoms with E-state index in [9.17, 15) is 18.4 Å². The van der Waals surface area contributed by atoms with Gasteiger partial charge in [0.25, 0.3) is 5.91 Å². The number of anilines is 1. The van der Waals surface area contributed by atoms with Gasteiger partial charge in [0.2, 0.25) is 0 Å². The van der Waals surface area contributed by atoms with Crippen molar-refractivity contribution in [2.45, 2.75) is 0 Å². The highest BCUT2D eigenvalue weighted by Gasteiger charge is 2.20. The van der Waals surface area contributed by atoms with E-state index >= 15 is 0 Å². The third-order valence-electron chi connectivity index (χ3n) is 3.45. The van der Waals surface area contributed by atoms with Gasteiger partial charge in [-0.2, -0.15) is 0 Å². The standard InChI is InChI=1S/C17H10ClF2NO3S/c1-24-17(23)15-14(18)9-6-5-8(7-12(9)25-15)21-16(22)13-10(19)3-2-4-11(13)20/h2-7H,1H3,(H,21,22). The van der Waals surface area contributed by atoms with Crippen molar-refractivity contribution in [3.8, 4) is 0 Å². The van der Waals surface area contributed by atoms with E-state index in [-0.39, 0.29) is 9.90 Å².